The highest BCUT2D eigenvalue weighted by Gasteiger charge is 2.39. The lowest BCUT2D eigenvalue weighted by Crippen LogP contribution is -2.42. The van der Waals surface area contributed by atoms with Crippen LogP contribution in [0.1, 0.15) is 140 Å². The van der Waals surface area contributed by atoms with E-state index in [-0.39, 0.29) is 28.7 Å². The largest absolute Gasteiger partial charge is 0.494 e. The lowest BCUT2D eigenvalue weighted by atomic mass is 9.64. The van der Waals surface area contributed by atoms with E-state index in [4.69, 9.17) is 15.9 Å². The maximum Gasteiger partial charge on any atom is 0.285 e. The lowest BCUT2D eigenvalue weighted by molar-refractivity contribution is -0.684. The SMILES string of the molecule is C#CCCCOc1ccc(OCCCCCCNC(=O)C[n+]2cccc(-c3ccc(C(c4ccc(C(C)(C)C)cc4)(c4ccc(C(C)(C)C)cc4)c4ccc(C(C)(C)C)cc4)cc3)c2)cc1. The highest BCUT2D eigenvalue weighted by molar-refractivity contribution is 5.74. The average Bonchev–Trinajstić information content (AvgIpc) is 3.29. The van der Waals surface area contributed by atoms with Gasteiger partial charge < -0.3 is 14.8 Å². The third-order valence-electron chi connectivity index (χ3n) is 12.6. The summed E-state index contributed by atoms with van der Waals surface area (Å²) in [4.78, 5) is 13.1. The summed E-state index contributed by atoms with van der Waals surface area (Å²) in [5.74, 6) is 4.31. The Balaban J connectivity index is 1.14. The molecule has 66 heavy (non-hydrogen) atoms. The smallest absolute Gasteiger partial charge is 0.285 e. The Morgan fingerprint density at radius 1 is 0.515 bits per heavy atom. The number of rotatable bonds is 19. The number of amides is 1. The number of terminal acetylenes is 1. The minimum absolute atomic E-state index is 0.0107. The van der Waals surface area contributed by atoms with Crippen LogP contribution in [0.4, 0.5) is 0 Å². The van der Waals surface area contributed by atoms with Gasteiger partial charge >= 0.3 is 0 Å². The maximum atomic E-state index is 13.1. The predicted molar refractivity (Wildman–Crippen MR) is 273 cm³/mol. The molecule has 0 saturated heterocycles. The Labute approximate surface area is 397 Å². The van der Waals surface area contributed by atoms with Gasteiger partial charge in [0, 0.05) is 24.6 Å². The molecule has 0 fully saturated rings. The fourth-order valence-electron chi connectivity index (χ4n) is 8.58. The van der Waals surface area contributed by atoms with E-state index in [9.17, 15) is 4.79 Å². The van der Waals surface area contributed by atoms with Gasteiger partial charge in [0.2, 0.25) is 6.54 Å². The number of nitrogens with one attached hydrogen (secondary N) is 1. The predicted octanol–water partition coefficient (Wildman–Crippen LogP) is 13.5. The maximum absolute atomic E-state index is 13.1. The van der Waals surface area contributed by atoms with Crippen LogP contribution in [0.5, 0.6) is 11.5 Å². The van der Waals surface area contributed by atoms with Crippen LogP contribution in [0, 0.1) is 12.3 Å². The van der Waals surface area contributed by atoms with Gasteiger partial charge in [-0.2, -0.15) is 4.57 Å². The third-order valence-corrected chi connectivity index (χ3v) is 12.6. The van der Waals surface area contributed by atoms with Crippen LogP contribution < -0.4 is 19.4 Å². The molecule has 0 spiro atoms. The van der Waals surface area contributed by atoms with Gasteiger partial charge in [-0.3, -0.25) is 4.79 Å². The zero-order valence-electron chi connectivity index (χ0n) is 41.2. The Morgan fingerprint density at radius 3 is 1.36 bits per heavy atom. The normalized spacial score (nSPS) is 12.1. The van der Waals surface area contributed by atoms with E-state index >= 15 is 0 Å². The van der Waals surface area contributed by atoms with E-state index in [1.807, 2.05) is 41.1 Å². The first-order valence-corrected chi connectivity index (χ1v) is 24.0. The molecule has 0 radical (unpaired) electrons. The molecule has 0 saturated carbocycles. The second-order valence-corrected chi connectivity index (χ2v) is 20.8. The standard InChI is InChI=1S/C61H72N2O3/c1-11-12-16-42-65-55-36-38-56(39-37-55)66-43-17-14-13-15-40-62-57(64)45-63-41-18-19-47(44-63)46-20-22-51(23-21-46)61(52-30-24-48(25-31-52)58(2,3)4,53-32-26-49(27-33-53)59(5,6)7)54-34-28-50(29-35-54)60(8,9)10/h1,18-39,41,44H,12-17,40,42-43,45H2,2-10H3/p+1. The van der Waals surface area contributed by atoms with Crippen molar-refractivity contribution < 1.29 is 18.8 Å². The van der Waals surface area contributed by atoms with Crippen molar-refractivity contribution in [1.29, 1.82) is 0 Å². The number of carbonyl (C=O) groups is 1. The number of ether oxygens (including phenoxy) is 2. The molecule has 0 unspecified atom stereocenters. The van der Waals surface area contributed by atoms with Crippen LogP contribution >= 0.6 is 0 Å². The molecule has 6 aromatic rings. The fourth-order valence-corrected chi connectivity index (χ4v) is 8.58. The summed E-state index contributed by atoms with van der Waals surface area (Å²) in [5, 5.41) is 3.13. The molecule has 5 heteroatoms. The Morgan fingerprint density at radius 2 is 0.924 bits per heavy atom. The second-order valence-electron chi connectivity index (χ2n) is 20.8. The first-order valence-electron chi connectivity index (χ1n) is 24.0. The Bertz CT molecular complexity index is 2350. The number of benzene rings is 5. The van der Waals surface area contributed by atoms with Gasteiger partial charge in [0.05, 0.1) is 18.6 Å². The minimum atomic E-state index is -0.587. The summed E-state index contributed by atoms with van der Waals surface area (Å²) < 4.78 is 13.6. The number of hydrogen-bond acceptors (Lipinski definition) is 3. The molecule has 1 aromatic heterocycles. The summed E-state index contributed by atoms with van der Waals surface area (Å²) in [7, 11) is 0. The molecule has 0 aliphatic carbocycles. The van der Waals surface area contributed by atoms with Gasteiger partial charge in [-0.25, -0.2) is 0 Å². The molecule has 1 amide bonds. The fraction of sp³-hybridized carbons (Fsp3) is 0.377. The number of hydrogen-bond donors (Lipinski definition) is 1. The quantitative estimate of drug-likeness (QED) is 0.0382. The summed E-state index contributed by atoms with van der Waals surface area (Å²) >= 11 is 0. The number of carbonyl (C=O) groups excluding carboxylic acids is 1. The average molecular weight is 882 g/mol. The first-order chi connectivity index (χ1) is 31.5. The van der Waals surface area contributed by atoms with Crippen molar-refractivity contribution in [3.63, 3.8) is 0 Å². The molecular formula is C61H73N2O3+. The van der Waals surface area contributed by atoms with E-state index < -0.39 is 5.41 Å². The van der Waals surface area contributed by atoms with E-state index in [0.29, 0.717) is 19.8 Å². The van der Waals surface area contributed by atoms with Crippen LogP contribution in [0.15, 0.2) is 146 Å². The number of unbranched alkanes of at least 4 members (excludes halogenated alkanes) is 4. The van der Waals surface area contributed by atoms with Crippen molar-refractivity contribution in [2.24, 2.45) is 0 Å². The van der Waals surface area contributed by atoms with Crippen molar-refractivity contribution in [3.8, 4) is 35.0 Å². The van der Waals surface area contributed by atoms with E-state index in [0.717, 1.165) is 61.2 Å². The van der Waals surface area contributed by atoms with Crippen molar-refractivity contribution >= 4 is 5.91 Å². The molecule has 0 atom stereocenters. The topological polar surface area (TPSA) is 51.4 Å². The van der Waals surface area contributed by atoms with Gasteiger partial charge in [-0.05, 0) is 110 Å². The van der Waals surface area contributed by atoms with E-state index in [1.54, 1.807) is 0 Å². The third kappa shape index (κ3) is 12.8. The number of aromatic nitrogens is 1. The van der Waals surface area contributed by atoms with Crippen LogP contribution in [0.25, 0.3) is 11.1 Å². The lowest BCUT2D eigenvalue weighted by Gasteiger charge is -2.38. The second kappa shape index (κ2) is 21.9. The number of nitrogens with zero attached hydrogens (tertiary/aromatic N) is 1. The molecule has 0 aliphatic rings. The molecule has 0 aliphatic heterocycles. The Hall–Kier alpha value is -6.12. The van der Waals surface area contributed by atoms with Gasteiger partial charge in [0.1, 0.15) is 11.5 Å². The highest BCUT2D eigenvalue weighted by atomic mass is 16.5. The molecular weight excluding hydrogens is 809 g/mol. The van der Waals surface area contributed by atoms with Crippen molar-refractivity contribution in [1.82, 2.24) is 5.32 Å². The summed E-state index contributed by atoms with van der Waals surface area (Å²) in [6.07, 6.45) is 14.9. The molecule has 5 nitrogen and oxygen atoms in total. The van der Waals surface area contributed by atoms with Crippen LogP contribution in [-0.2, 0) is 33.0 Å². The highest BCUT2D eigenvalue weighted by Crippen LogP contribution is 2.47. The number of pyridine rings is 1. The van der Waals surface area contributed by atoms with Crippen molar-refractivity contribution in [3.05, 3.63) is 185 Å². The van der Waals surface area contributed by atoms with Gasteiger partial charge in [0.25, 0.3) is 5.91 Å². The van der Waals surface area contributed by atoms with Crippen LogP contribution in [0.2, 0.25) is 0 Å². The summed E-state index contributed by atoms with van der Waals surface area (Å²) in [6, 6.07) is 48.9. The van der Waals surface area contributed by atoms with Crippen molar-refractivity contribution in [2.45, 2.75) is 129 Å². The molecule has 6 rings (SSSR count). The minimum Gasteiger partial charge on any atom is -0.494 e. The zero-order valence-corrected chi connectivity index (χ0v) is 41.2. The van der Waals surface area contributed by atoms with Crippen LogP contribution in [-0.4, -0.2) is 25.7 Å². The Kier molecular flexibility index (Phi) is 16.4. The van der Waals surface area contributed by atoms with Crippen LogP contribution in [0.3, 0.4) is 0 Å². The monoisotopic (exact) mass is 882 g/mol. The molecule has 1 heterocycles. The van der Waals surface area contributed by atoms with E-state index in [2.05, 4.69) is 183 Å². The van der Waals surface area contributed by atoms with Gasteiger partial charge in [0.15, 0.2) is 12.4 Å². The van der Waals surface area contributed by atoms with Gasteiger partial charge in [-0.1, -0.05) is 172 Å². The molecule has 344 valence electrons. The first kappa shape index (κ1) is 49.3. The van der Waals surface area contributed by atoms with Gasteiger partial charge in [-0.15, -0.1) is 12.3 Å². The zero-order chi connectivity index (χ0) is 47.4. The molecule has 5 aromatic carbocycles. The molecule has 0 bridgehead atoms. The molecule has 1 N–H and O–H groups in total. The summed E-state index contributed by atoms with van der Waals surface area (Å²) in [6.45, 7) is 22.7. The van der Waals surface area contributed by atoms with E-state index in [1.165, 1.54) is 38.9 Å². The van der Waals surface area contributed by atoms with Crippen molar-refractivity contribution in [2.75, 3.05) is 19.8 Å². The summed E-state index contributed by atoms with van der Waals surface area (Å²) in [5.41, 5.74) is 10.5.